The van der Waals surface area contributed by atoms with Crippen molar-refractivity contribution in [3.8, 4) is 0 Å². The van der Waals surface area contributed by atoms with Gasteiger partial charge in [0.05, 0.1) is 6.61 Å². The van der Waals surface area contributed by atoms with Crippen molar-refractivity contribution in [3.63, 3.8) is 0 Å². The Labute approximate surface area is 142 Å². The van der Waals surface area contributed by atoms with Crippen LogP contribution in [0.5, 0.6) is 0 Å². The first-order valence-corrected chi connectivity index (χ1v) is 7.83. The molecule has 4 heteroatoms. The second-order valence-corrected chi connectivity index (χ2v) is 5.45. The van der Waals surface area contributed by atoms with Gasteiger partial charge in [0.25, 0.3) is 0 Å². The molecule has 2 rings (SSSR count). The van der Waals surface area contributed by atoms with Crippen molar-refractivity contribution in [2.75, 3.05) is 11.9 Å². The van der Waals surface area contributed by atoms with E-state index in [0.717, 1.165) is 16.8 Å². The molecular formula is C20H21NO3. The first kappa shape index (κ1) is 17.5. The first-order valence-electron chi connectivity index (χ1n) is 7.83. The van der Waals surface area contributed by atoms with Crippen LogP contribution >= 0.6 is 0 Å². The van der Waals surface area contributed by atoms with E-state index in [-0.39, 0.29) is 18.1 Å². The summed E-state index contributed by atoms with van der Waals surface area (Å²) in [4.78, 5) is 24.6. The number of nitrogens with one attached hydrogen (secondary N) is 1. The summed E-state index contributed by atoms with van der Waals surface area (Å²) >= 11 is 0. The predicted octanol–water partition coefficient (Wildman–Crippen LogP) is 4.05. The molecule has 4 nitrogen and oxygen atoms in total. The molecule has 0 fully saturated rings. The van der Waals surface area contributed by atoms with Crippen molar-refractivity contribution in [2.24, 2.45) is 0 Å². The second-order valence-electron chi connectivity index (χ2n) is 5.45. The third-order valence-corrected chi connectivity index (χ3v) is 3.52. The van der Waals surface area contributed by atoms with Gasteiger partial charge >= 0.3 is 5.97 Å². The van der Waals surface area contributed by atoms with Crippen LogP contribution in [-0.4, -0.2) is 18.4 Å². The smallest absolute Gasteiger partial charge is 0.354 e. The molecular weight excluding hydrogens is 302 g/mol. The van der Waals surface area contributed by atoms with E-state index in [9.17, 15) is 9.59 Å². The number of ether oxygens (including phenoxy) is 1. The summed E-state index contributed by atoms with van der Waals surface area (Å²) in [5, 5.41) is 3.01. The second kappa shape index (κ2) is 8.11. The number of para-hydroxylation sites is 1. The summed E-state index contributed by atoms with van der Waals surface area (Å²) in [5.41, 5.74) is 3.44. The van der Waals surface area contributed by atoms with Crippen LogP contribution in [0.4, 0.5) is 5.69 Å². The lowest BCUT2D eigenvalue weighted by atomic mass is 10.1. The van der Waals surface area contributed by atoms with E-state index in [1.165, 1.54) is 6.08 Å². The van der Waals surface area contributed by atoms with Gasteiger partial charge in [0.2, 0.25) is 0 Å². The van der Waals surface area contributed by atoms with Crippen molar-refractivity contribution >= 4 is 17.4 Å². The number of carbonyl (C=O) groups is 2. The SMILES string of the molecule is CCOC(=O)C(=CC(=O)c1ccc(C)cc1)Nc1ccccc1C. The number of esters is 1. The van der Waals surface area contributed by atoms with Gasteiger partial charge in [-0.3, -0.25) is 4.79 Å². The molecule has 124 valence electrons. The largest absolute Gasteiger partial charge is 0.461 e. The minimum absolute atomic E-state index is 0.122. The molecule has 0 saturated heterocycles. The molecule has 0 spiro atoms. The van der Waals surface area contributed by atoms with Crippen molar-refractivity contribution in [2.45, 2.75) is 20.8 Å². The predicted molar refractivity (Wildman–Crippen MR) is 95.0 cm³/mol. The lowest BCUT2D eigenvalue weighted by Gasteiger charge is -2.12. The molecule has 0 amide bonds. The van der Waals surface area contributed by atoms with Crippen molar-refractivity contribution < 1.29 is 14.3 Å². The Bertz CT molecular complexity index is 761. The third-order valence-electron chi connectivity index (χ3n) is 3.52. The summed E-state index contributed by atoms with van der Waals surface area (Å²) < 4.78 is 5.05. The minimum Gasteiger partial charge on any atom is -0.461 e. The number of ketones is 1. The zero-order chi connectivity index (χ0) is 17.5. The number of carbonyl (C=O) groups excluding carboxylic acids is 2. The number of aryl methyl sites for hydroxylation is 2. The van der Waals surface area contributed by atoms with Gasteiger partial charge in [-0.1, -0.05) is 48.0 Å². The summed E-state index contributed by atoms with van der Waals surface area (Å²) in [6, 6.07) is 14.7. The van der Waals surface area contributed by atoms with Crippen LogP contribution < -0.4 is 5.32 Å². The van der Waals surface area contributed by atoms with Crippen LogP contribution in [0.1, 0.15) is 28.4 Å². The molecule has 0 aliphatic carbocycles. The van der Waals surface area contributed by atoms with Crippen LogP contribution in [0, 0.1) is 13.8 Å². The van der Waals surface area contributed by atoms with Crippen molar-refractivity contribution in [3.05, 3.63) is 77.0 Å². The molecule has 0 aliphatic heterocycles. The van der Waals surface area contributed by atoms with Gasteiger partial charge in [0, 0.05) is 17.3 Å². The van der Waals surface area contributed by atoms with Gasteiger partial charge in [-0.2, -0.15) is 0 Å². The van der Waals surface area contributed by atoms with E-state index < -0.39 is 5.97 Å². The lowest BCUT2D eigenvalue weighted by molar-refractivity contribution is -0.138. The zero-order valence-corrected chi connectivity index (χ0v) is 14.1. The molecule has 0 radical (unpaired) electrons. The van der Waals surface area contributed by atoms with E-state index in [0.29, 0.717) is 5.56 Å². The topological polar surface area (TPSA) is 55.4 Å². The number of anilines is 1. The fraction of sp³-hybridized carbons (Fsp3) is 0.200. The maximum atomic E-state index is 12.4. The van der Waals surface area contributed by atoms with Crippen LogP contribution in [0.15, 0.2) is 60.3 Å². The van der Waals surface area contributed by atoms with E-state index in [2.05, 4.69) is 5.32 Å². The molecule has 24 heavy (non-hydrogen) atoms. The molecule has 1 N–H and O–H groups in total. The Morgan fingerprint density at radius 1 is 1.04 bits per heavy atom. The highest BCUT2D eigenvalue weighted by molar-refractivity contribution is 6.09. The third kappa shape index (κ3) is 4.56. The fourth-order valence-electron chi connectivity index (χ4n) is 2.15. The molecule has 2 aromatic carbocycles. The number of hydrogen-bond donors (Lipinski definition) is 1. The standard InChI is InChI=1S/C20H21NO3/c1-4-24-20(23)18(21-17-8-6-5-7-15(17)3)13-19(22)16-11-9-14(2)10-12-16/h5-13,21H,4H2,1-3H3. The highest BCUT2D eigenvalue weighted by Gasteiger charge is 2.15. The Morgan fingerprint density at radius 2 is 1.71 bits per heavy atom. The first-order chi connectivity index (χ1) is 11.5. The molecule has 0 heterocycles. The number of benzene rings is 2. The van der Waals surface area contributed by atoms with Gasteiger partial charge in [-0.25, -0.2) is 4.79 Å². The number of hydrogen-bond acceptors (Lipinski definition) is 4. The van der Waals surface area contributed by atoms with Gasteiger partial charge in [0.15, 0.2) is 5.78 Å². The van der Waals surface area contributed by atoms with Crippen molar-refractivity contribution in [1.82, 2.24) is 0 Å². The fourth-order valence-corrected chi connectivity index (χ4v) is 2.15. The van der Waals surface area contributed by atoms with Gasteiger partial charge in [0.1, 0.15) is 5.70 Å². The van der Waals surface area contributed by atoms with E-state index in [1.807, 2.05) is 50.2 Å². The molecule has 2 aromatic rings. The summed E-state index contributed by atoms with van der Waals surface area (Å²) in [6.45, 7) is 5.84. The van der Waals surface area contributed by atoms with E-state index >= 15 is 0 Å². The van der Waals surface area contributed by atoms with E-state index in [1.54, 1.807) is 19.1 Å². The number of allylic oxidation sites excluding steroid dienone is 1. The Kier molecular flexibility index (Phi) is 5.90. The maximum absolute atomic E-state index is 12.4. The minimum atomic E-state index is -0.554. The van der Waals surface area contributed by atoms with Gasteiger partial charge in [-0.15, -0.1) is 0 Å². The van der Waals surface area contributed by atoms with Crippen LogP contribution in [0.3, 0.4) is 0 Å². The molecule has 0 aromatic heterocycles. The quantitative estimate of drug-likeness (QED) is 0.495. The number of rotatable bonds is 6. The average molecular weight is 323 g/mol. The Morgan fingerprint density at radius 3 is 2.33 bits per heavy atom. The molecule has 0 bridgehead atoms. The van der Waals surface area contributed by atoms with Crippen LogP contribution in [0.2, 0.25) is 0 Å². The molecule has 0 aliphatic rings. The van der Waals surface area contributed by atoms with Gasteiger partial charge in [-0.05, 0) is 32.4 Å². The average Bonchev–Trinajstić information content (AvgIpc) is 2.57. The van der Waals surface area contributed by atoms with Crippen LogP contribution in [-0.2, 0) is 9.53 Å². The summed E-state index contributed by atoms with van der Waals surface area (Å²) in [5.74, 6) is -0.805. The van der Waals surface area contributed by atoms with Gasteiger partial charge < -0.3 is 10.1 Å². The lowest BCUT2D eigenvalue weighted by Crippen LogP contribution is -2.17. The van der Waals surface area contributed by atoms with Crippen molar-refractivity contribution in [1.29, 1.82) is 0 Å². The molecule has 0 saturated carbocycles. The monoisotopic (exact) mass is 323 g/mol. The Hall–Kier alpha value is -2.88. The molecule has 0 unspecified atom stereocenters. The Balaban J connectivity index is 2.31. The highest BCUT2D eigenvalue weighted by Crippen LogP contribution is 2.17. The normalized spacial score (nSPS) is 11.0. The zero-order valence-electron chi connectivity index (χ0n) is 14.1. The highest BCUT2D eigenvalue weighted by atomic mass is 16.5. The summed E-state index contributed by atoms with van der Waals surface area (Å²) in [7, 11) is 0. The summed E-state index contributed by atoms with van der Waals surface area (Å²) in [6.07, 6.45) is 1.29. The molecule has 0 atom stereocenters. The van der Waals surface area contributed by atoms with Crippen LogP contribution in [0.25, 0.3) is 0 Å². The van der Waals surface area contributed by atoms with E-state index in [4.69, 9.17) is 4.74 Å². The maximum Gasteiger partial charge on any atom is 0.354 e.